The van der Waals surface area contributed by atoms with Gasteiger partial charge in [-0.05, 0) is 41.5 Å². The van der Waals surface area contributed by atoms with Gasteiger partial charge in [0, 0.05) is 16.3 Å². The van der Waals surface area contributed by atoms with Crippen LogP contribution in [0.5, 0.6) is 11.5 Å². The fourth-order valence-electron chi connectivity index (χ4n) is 3.83. The van der Waals surface area contributed by atoms with Crippen LogP contribution in [0.25, 0.3) is 17.1 Å². The maximum absolute atomic E-state index is 6.09. The van der Waals surface area contributed by atoms with Gasteiger partial charge in [-0.3, -0.25) is 0 Å². The molecule has 0 spiro atoms. The number of allylic oxidation sites excluding steroid dienone is 1. The van der Waals surface area contributed by atoms with Crippen LogP contribution in [0.2, 0.25) is 5.02 Å². The summed E-state index contributed by atoms with van der Waals surface area (Å²) >= 11 is 6.09. The molecule has 1 atom stereocenters. The zero-order valence-corrected chi connectivity index (χ0v) is 17.1. The van der Waals surface area contributed by atoms with Gasteiger partial charge in [-0.15, -0.1) is 5.10 Å². The van der Waals surface area contributed by atoms with E-state index >= 15 is 0 Å². The van der Waals surface area contributed by atoms with Crippen LogP contribution in [-0.2, 0) is 0 Å². The highest BCUT2D eigenvalue weighted by Crippen LogP contribution is 2.39. The maximum atomic E-state index is 6.09. The fourth-order valence-corrected chi connectivity index (χ4v) is 3.96. The topological polar surface area (TPSA) is 61.2 Å². The fraction of sp³-hybridized carbons (Fsp3) is 0.0833. The molecular formula is C24H17ClN4O2. The Morgan fingerprint density at radius 1 is 0.903 bits per heavy atom. The maximum Gasteiger partial charge on any atom is 0.231 e. The highest BCUT2D eigenvalue weighted by Gasteiger charge is 2.27. The minimum absolute atomic E-state index is 0.165. The summed E-state index contributed by atoms with van der Waals surface area (Å²) in [6.45, 7) is 0.240. The first-order valence-corrected chi connectivity index (χ1v) is 10.3. The highest BCUT2D eigenvalue weighted by molar-refractivity contribution is 6.30. The van der Waals surface area contributed by atoms with Crippen LogP contribution in [0.15, 0.2) is 78.9 Å². The van der Waals surface area contributed by atoms with Crippen molar-refractivity contribution in [3.05, 3.63) is 95.0 Å². The summed E-state index contributed by atoms with van der Waals surface area (Å²) in [5.41, 5.74) is 3.95. The second-order valence-corrected chi connectivity index (χ2v) is 7.78. The van der Waals surface area contributed by atoms with Crippen molar-refractivity contribution in [1.29, 1.82) is 0 Å². The molecule has 0 saturated heterocycles. The van der Waals surface area contributed by atoms with Gasteiger partial charge >= 0.3 is 0 Å². The SMILES string of the molecule is Clc1ccc(C2=CC(c3ccc4c(c3)OCO4)n3nc(-c4ccccc4)nc3N2)cc1. The monoisotopic (exact) mass is 428 g/mol. The van der Waals surface area contributed by atoms with E-state index in [0.29, 0.717) is 16.8 Å². The van der Waals surface area contributed by atoms with Crippen LogP contribution in [-0.4, -0.2) is 21.6 Å². The number of nitrogens with one attached hydrogen (secondary N) is 1. The third kappa shape index (κ3) is 3.21. The first-order chi connectivity index (χ1) is 15.2. The summed E-state index contributed by atoms with van der Waals surface area (Å²) in [4.78, 5) is 4.78. The first-order valence-electron chi connectivity index (χ1n) is 9.91. The van der Waals surface area contributed by atoms with Crippen LogP contribution in [0.3, 0.4) is 0 Å². The van der Waals surface area contributed by atoms with Gasteiger partial charge in [0.2, 0.25) is 12.7 Å². The minimum Gasteiger partial charge on any atom is -0.454 e. The van der Waals surface area contributed by atoms with Crippen molar-refractivity contribution in [2.24, 2.45) is 0 Å². The minimum atomic E-state index is -0.165. The van der Waals surface area contributed by atoms with E-state index in [1.807, 2.05) is 77.5 Å². The molecule has 31 heavy (non-hydrogen) atoms. The Bertz CT molecular complexity index is 1300. The predicted molar refractivity (Wildman–Crippen MR) is 119 cm³/mol. The van der Waals surface area contributed by atoms with Crippen LogP contribution in [0, 0.1) is 0 Å². The number of hydrogen-bond donors (Lipinski definition) is 1. The lowest BCUT2D eigenvalue weighted by molar-refractivity contribution is 0.174. The van der Waals surface area contributed by atoms with Crippen LogP contribution in [0.1, 0.15) is 17.2 Å². The number of ether oxygens (including phenoxy) is 2. The van der Waals surface area contributed by atoms with Crippen molar-refractivity contribution < 1.29 is 9.47 Å². The average Bonchev–Trinajstić information content (AvgIpc) is 3.46. The van der Waals surface area contributed by atoms with E-state index in [9.17, 15) is 0 Å². The van der Waals surface area contributed by atoms with Crippen LogP contribution >= 0.6 is 11.6 Å². The third-order valence-corrected chi connectivity index (χ3v) is 5.64. The molecule has 1 N–H and O–H groups in total. The number of aromatic nitrogens is 3. The van der Waals surface area contributed by atoms with E-state index in [0.717, 1.165) is 33.9 Å². The zero-order valence-electron chi connectivity index (χ0n) is 16.3. The molecule has 0 bridgehead atoms. The number of fused-ring (bicyclic) bond motifs is 2. The normalized spacial score (nSPS) is 16.4. The second-order valence-electron chi connectivity index (χ2n) is 7.34. The van der Waals surface area contributed by atoms with Gasteiger partial charge in [0.05, 0.1) is 0 Å². The van der Waals surface area contributed by atoms with E-state index in [2.05, 4.69) is 11.4 Å². The molecule has 1 unspecified atom stereocenters. The standard InChI is InChI=1S/C24H17ClN4O2/c25-18-9-6-15(7-10-18)19-13-20(17-8-11-21-22(12-17)31-14-30-21)29-24(26-19)27-23(28-29)16-4-2-1-3-5-16/h1-13,20H,14H2,(H,26,27,28). The molecule has 0 radical (unpaired) electrons. The van der Waals surface area contributed by atoms with Crippen molar-refractivity contribution in [2.75, 3.05) is 12.1 Å². The Morgan fingerprint density at radius 3 is 2.55 bits per heavy atom. The lowest BCUT2D eigenvalue weighted by atomic mass is 10.0. The van der Waals surface area contributed by atoms with Crippen molar-refractivity contribution in [3.63, 3.8) is 0 Å². The number of halogens is 1. The van der Waals surface area contributed by atoms with Crippen molar-refractivity contribution in [1.82, 2.24) is 14.8 Å². The lowest BCUT2D eigenvalue weighted by Gasteiger charge is -2.24. The molecule has 0 aliphatic carbocycles. The Hall–Kier alpha value is -3.77. The zero-order chi connectivity index (χ0) is 20.8. The van der Waals surface area contributed by atoms with E-state index < -0.39 is 0 Å². The molecule has 3 aromatic carbocycles. The molecule has 4 aromatic rings. The molecule has 6 nitrogen and oxygen atoms in total. The Kier molecular flexibility index (Phi) is 4.18. The molecule has 3 heterocycles. The van der Waals surface area contributed by atoms with Gasteiger partial charge in [-0.25, -0.2) is 4.68 Å². The van der Waals surface area contributed by atoms with Crippen LogP contribution in [0.4, 0.5) is 5.95 Å². The van der Waals surface area contributed by atoms with Gasteiger partial charge < -0.3 is 14.8 Å². The molecule has 2 aliphatic heterocycles. The molecule has 7 heteroatoms. The number of hydrogen-bond acceptors (Lipinski definition) is 5. The third-order valence-electron chi connectivity index (χ3n) is 5.39. The molecule has 1 aromatic heterocycles. The quantitative estimate of drug-likeness (QED) is 0.474. The molecule has 0 amide bonds. The van der Waals surface area contributed by atoms with Gasteiger partial charge in [0.1, 0.15) is 6.04 Å². The second kappa shape index (κ2) is 7.18. The largest absolute Gasteiger partial charge is 0.454 e. The molecule has 152 valence electrons. The van der Waals surface area contributed by atoms with E-state index in [-0.39, 0.29) is 12.8 Å². The summed E-state index contributed by atoms with van der Waals surface area (Å²) in [6.07, 6.45) is 2.14. The highest BCUT2D eigenvalue weighted by atomic mass is 35.5. The Morgan fingerprint density at radius 2 is 1.71 bits per heavy atom. The van der Waals surface area contributed by atoms with Crippen LogP contribution < -0.4 is 14.8 Å². The Balaban J connectivity index is 1.48. The van der Waals surface area contributed by atoms with Gasteiger partial charge in [-0.1, -0.05) is 60.1 Å². The average molecular weight is 429 g/mol. The number of anilines is 1. The van der Waals surface area contributed by atoms with E-state index in [1.165, 1.54) is 0 Å². The summed E-state index contributed by atoms with van der Waals surface area (Å²) in [5, 5.41) is 8.94. The van der Waals surface area contributed by atoms with E-state index in [1.54, 1.807) is 0 Å². The summed E-state index contributed by atoms with van der Waals surface area (Å²) < 4.78 is 13.0. The molecular weight excluding hydrogens is 412 g/mol. The van der Waals surface area contributed by atoms with Gasteiger partial charge in [0.15, 0.2) is 17.3 Å². The molecule has 2 aliphatic rings. The predicted octanol–water partition coefficient (Wildman–Crippen LogP) is 5.38. The van der Waals surface area contributed by atoms with Crippen molar-refractivity contribution in [2.45, 2.75) is 6.04 Å². The smallest absolute Gasteiger partial charge is 0.231 e. The van der Waals surface area contributed by atoms with Gasteiger partial charge in [0.25, 0.3) is 0 Å². The molecule has 0 fully saturated rings. The number of benzene rings is 3. The summed E-state index contributed by atoms with van der Waals surface area (Å²) in [5.74, 6) is 2.83. The molecule has 0 saturated carbocycles. The summed E-state index contributed by atoms with van der Waals surface area (Å²) in [7, 11) is 0. The Labute approximate surface area is 183 Å². The summed E-state index contributed by atoms with van der Waals surface area (Å²) in [6, 6.07) is 23.5. The number of rotatable bonds is 3. The van der Waals surface area contributed by atoms with Crippen molar-refractivity contribution >= 4 is 23.2 Å². The first kappa shape index (κ1) is 18.0. The van der Waals surface area contributed by atoms with Gasteiger partial charge in [-0.2, -0.15) is 4.98 Å². The lowest BCUT2D eigenvalue weighted by Crippen LogP contribution is -2.20. The number of nitrogens with zero attached hydrogens (tertiary/aromatic N) is 3. The van der Waals surface area contributed by atoms with E-state index in [4.69, 9.17) is 31.2 Å². The van der Waals surface area contributed by atoms with Crippen molar-refractivity contribution in [3.8, 4) is 22.9 Å². The molecule has 6 rings (SSSR count).